The number of fused-ring (bicyclic) bond motifs is 1. The number of phenolic OH excluding ortho intramolecular Hbond substituents is 1. The minimum absolute atomic E-state index is 0. The van der Waals surface area contributed by atoms with E-state index in [9.17, 15) is 13.9 Å². The third kappa shape index (κ3) is 5.89. The van der Waals surface area contributed by atoms with Gasteiger partial charge in [0.05, 0.1) is 6.61 Å². The number of nitrogens with one attached hydrogen (secondary N) is 1. The highest BCUT2D eigenvalue weighted by Gasteiger charge is 2.15. The largest absolute Gasteiger partial charge is 0.508 e. The van der Waals surface area contributed by atoms with Crippen LogP contribution in [0.3, 0.4) is 0 Å². The van der Waals surface area contributed by atoms with Gasteiger partial charge in [0.15, 0.2) is 11.6 Å². The molecule has 1 aliphatic rings. The van der Waals surface area contributed by atoms with Crippen molar-refractivity contribution in [3.63, 3.8) is 0 Å². The zero-order valence-corrected chi connectivity index (χ0v) is 20.5. The molecule has 1 fully saturated rings. The third-order valence-electron chi connectivity index (χ3n) is 6.38. The highest BCUT2D eigenvalue weighted by atomic mass is 35.5. The fraction of sp³-hybridized carbons (Fsp3) is 0.241. The van der Waals surface area contributed by atoms with Gasteiger partial charge in [0.2, 0.25) is 0 Å². The van der Waals surface area contributed by atoms with Crippen molar-refractivity contribution >= 4 is 23.2 Å². The minimum atomic E-state index is -0.927. The van der Waals surface area contributed by atoms with Gasteiger partial charge in [0.1, 0.15) is 23.0 Å². The number of ether oxygens (including phenoxy) is 2. The Bertz CT molecular complexity index is 1320. The number of rotatable bonds is 7. The maximum atomic E-state index is 14.0. The van der Waals surface area contributed by atoms with E-state index in [4.69, 9.17) is 9.47 Å². The van der Waals surface area contributed by atoms with Gasteiger partial charge in [-0.1, -0.05) is 18.6 Å². The molecule has 1 aliphatic heterocycles. The van der Waals surface area contributed by atoms with Gasteiger partial charge in [-0.25, -0.2) is 8.78 Å². The molecular formula is C29H28ClF2NO3. The van der Waals surface area contributed by atoms with E-state index in [1.165, 1.54) is 25.3 Å². The van der Waals surface area contributed by atoms with Crippen LogP contribution in [-0.2, 0) is 0 Å². The summed E-state index contributed by atoms with van der Waals surface area (Å²) in [5.41, 5.74) is 1.10. The number of hydrogen-bond acceptors (Lipinski definition) is 4. The van der Waals surface area contributed by atoms with Gasteiger partial charge in [-0.15, -0.1) is 12.4 Å². The molecule has 188 valence electrons. The summed E-state index contributed by atoms with van der Waals surface area (Å²) >= 11 is 0. The first kappa shape index (κ1) is 25.7. The van der Waals surface area contributed by atoms with Crippen molar-refractivity contribution in [2.75, 3.05) is 13.2 Å². The van der Waals surface area contributed by atoms with Gasteiger partial charge in [-0.05, 0) is 97.4 Å². The van der Waals surface area contributed by atoms with Crippen LogP contribution in [0.5, 0.6) is 23.0 Å². The zero-order valence-electron chi connectivity index (χ0n) is 19.7. The number of aromatic hydroxyl groups is 1. The molecule has 2 N–H and O–H groups in total. The standard InChI is InChI=1S/C29H27F2NO3.ClH/c30-27-13-5-20(18-28(27)31)25-11-4-19-17-22(33)6-12-26(19)29(25)35-24-9-7-23(8-10-24)34-16-14-21-3-1-2-15-32-21;/h4-13,17-18,21,32-33H,1-3,14-16H2;1H. The van der Waals surface area contributed by atoms with Crippen molar-refractivity contribution in [2.45, 2.75) is 31.7 Å². The second-order valence-corrected chi connectivity index (χ2v) is 8.83. The van der Waals surface area contributed by atoms with E-state index < -0.39 is 11.6 Å². The topological polar surface area (TPSA) is 50.7 Å². The Morgan fingerprint density at radius 2 is 1.67 bits per heavy atom. The molecule has 36 heavy (non-hydrogen) atoms. The van der Waals surface area contributed by atoms with Gasteiger partial charge in [0, 0.05) is 17.0 Å². The van der Waals surface area contributed by atoms with Crippen molar-refractivity contribution in [2.24, 2.45) is 0 Å². The van der Waals surface area contributed by atoms with Crippen molar-refractivity contribution in [1.82, 2.24) is 5.32 Å². The lowest BCUT2D eigenvalue weighted by Crippen LogP contribution is -2.35. The molecule has 4 aromatic carbocycles. The van der Waals surface area contributed by atoms with E-state index in [2.05, 4.69) is 5.32 Å². The number of halogens is 3. The monoisotopic (exact) mass is 511 g/mol. The van der Waals surface area contributed by atoms with E-state index in [0.717, 1.165) is 41.6 Å². The Morgan fingerprint density at radius 3 is 2.42 bits per heavy atom. The van der Waals surface area contributed by atoms with E-state index in [1.807, 2.05) is 30.3 Å². The molecule has 0 amide bonds. The van der Waals surface area contributed by atoms with E-state index >= 15 is 0 Å². The first-order valence-electron chi connectivity index (χ1n) is 11.9. The Labute approximate surface area is 215 Å². The highest BCUT2D eigenvalue weighted by molar-refractivity contribution is 5.96. The van der Waals surface area contributed by atoms with Crippen molar-refractivity contribution < 1.29 is 23.4 Å². The Hall–Kier alpha value is -3.35. The molecule has 5 rings (SSSR count). The van der Waals surface area contributed by atoms with Crippen LogP contribution in [-0.4, -0.2) is 24.3 Å². The summed E-state index contributed by atoms with van der Waals surface area (Å²) in [6.07, 6.45) is 4.68. The van der Waals surface area contributed by atoms with Gasteiger partial charge < -0.3 is 19.9 Å². The molecule has 0 radical (unpaired) electrons. The van der Waals surface area contributed by atoms with E-state index in [0.29, 0.717) is 35.3 Å². The summed E-state index contributed by atoms with van der Waals surface area (Å²) < 4.78 is 39.7. The molecule has 0 bridgehead atoms. The fourth-order valence-electron chi connectivity index (χ4n) is 4.50. The smallest absolute Gasteiger partial charge is 0.159 e. The molecule has 1 unspecified atom stereocenters. The average Bonchev–Trinajstić information content (AvgIpc) is 2.87. The zero-order chi connectivity index (χ0) is 24.2. The molecular weight excluding hydrogens is 484 g/mol. The summed E-state index contributed by atoms with van der Waals surface area (Å²) in [4.78, 5) is 0. The molecule has 0 aromatic heterocycles. The normalized spacial score (nSPS) is 15.3. The molecule has 0 aliphatic carbocycles. The van der Waals surface area contributed by atoms with Crippen LogP contribution in [0.15, 0.2) is 72.8 Å². The molecule has 7 heteroatoms. The van der Waals surface area contributed by atoms with Crippen LogP contribution in [0.25, 0.3) is 21.9 Å². The molecule has 0 spiro atoms. The van der Waals surface area contributed by atoms with Crippen molar-refractivity contribution in [3.8, 4) is 34.1 Å². The minimum Gasteiger partial charge on any atom is -0.508 e. The summed E-state index contributed by atoms with van der Waals surface area (Å²) in [5, 5.41) is 14.9. The molecule has 1 atom stereocenters. The Kier molecular flexibility index (Phi) is 8.28. The fourth-order valence-corrected chi connectivity index (χ4v) is 4.50. The summed E-state index contributed by atoms with van der Waals surface area (Å²) in [7, 11) is 0. The lowest BCUT2D eigenvalue weighted by Gasteiger charge is -2.23. The maximum absolute atomic E-state index is 14.0. The predicted molar refractivity (Wildman–Crippen MR) is 140 cm³/mol. The maximum Gasteiger partial charge on any atom is 0.159 e. The molecule has 1 saturated heterocycles. The van der Waals surface area contributed by atoms with Crippen LogP contribution < -0.4 is 14.8 Å². The second kappa shape index (κ2) is 11.6. The summed E-state index contributed by atoms with van der Waals surface area (Å²) in [6.45, 7) is 1.72. The molecule has 0 saturated carbocycles. The van der Waals surface area contributed by atoms with Crippen LogP contribution >= 0.6 is 12.4 Å². The predicted octanol–water partition coefficient (Wildman–Crippen LogP) is 7.62. The molecule has 4 aromatic rings. The number of hydrogen-bond donors (Lipinski definition) is 2. The summed E-state index contributed by atoms with van der Waals surface area (Å²) in [6, 6.07) is 20.2. The lowest BCUT2D eigenvalue weighted by molar-refractivity contribution is 0.268. The van der Waals surface area contributed by atoms with Gasteiger partial charge >= 0.3 is 0 Å². The van der Waals surface area contributed by atoms with Crippen molar-refractivity contribution in [3.05, 3.63) is 84.4 Å². The number of phenols is 1. The van der Waals surface area contributed by atoms with Crippen LogP contribution in [0.4, 0.5) is 8.78 Å². The van der Waals surface area contributed by atoms with Crippen LogP contribution in [0.1, 0.15) is 25.7 Å². The van der Waals surface area contributed by atoms with Gasteiger partial charge in [-0.2, -0.15) is 0 Å². The summed E-state index contributed by atoms with van der Waals surface area (Å²) in [5.74, 6) is 0.132. The van der Waals surface area contributed by atoms with Gasteiger partial charge in [-0.3, -0.25) is 0 Å². The van der Waals surface area contributed by atoms with E-state index in [-0.39, 0.29) is 18.2 Å². The Balaban J connectivity index is 0.00000304. The first-order valence-corrected chi connectivity index (χ1v) is 11.9. The van der Waals surface area contributed by atoms with Crippen LogP contribution in [0.2, 0.25) is 0 Å². The number of piperidine rings is 1. The van der Waals surface area contributed by atoms with Crippen molar-refractivity contribution in [1.29, 1.82) is 0 Å². The van der Waals surface area contributed by atoms with Crippen LogP contribution in [0, 0.1) is 11.6 Å². The van der Waals surface area contributed by atoms with Gasteiger partial charge in [0.25, 0.3) is 0 Å². The number of benzene rings is 4. The average molecular weight is 512 g/mol. The highest BCUT2D eigenvalue weighted by Crippen LogP contribution is 2.41. The van der Waals surface area contributed by atoms with E-state index in [1.54, 1.807) is 24.3 Å². The SMILES string of the molecule is Cl.Oc1ccc2c(Oc3ccc(OCCC4CCCCN4)cc3)c(-c3ccc(F)c(F)c3)ccc2c1. The third-order valence-corrected chi connectivity index (χ3v) is 6.38. The Morgan fingerprint density at radius 1 is 0.861 bits per heavy atom. The molecule has 4 nitrogen and oxygen atoms in total. The quantitative estimate of drug-likeness (QED) is 0.268. The lowest BCUT2D eigenvalue weighted by atomic mass is 9.99. The first-order chi connectivity index (χ1) is 17.1. The molecule has 1 heterocycles. The second-order valence-electron chi connectivity index (χ2n) is 8.83.